The molecule has 0 saturated heterocycles. The molecule has 0 spiro atoms. The number of aromatic nitrogens is 2. The van der Waals surface area contributed by atoms with Crippen LogP contribution in [0.25, 0.3) is 17.2 Å². The van der Waals surface area contributed by atoms with E-state index in [-0.39, 0.29) is 37.6 Å². The fraction of sp³-hybridized carbons (Fsp3) is 0.379. The van der Waals surface area contributed by atoms with Crippen LogP contribution in [0.4, 0.5) is 0 Å². The monoisotopic (exact) mass is 505 g/mol. The van der Waals surface area contributed by atoms with Gasteiger partial charge in [0.05, 0.1) is 25.4 Å². The van der Waals surface area contributed by atoms with Gasteiger partial charge in [0, 0.05) is 24.9 Å². The standard InChI is InChI=1S/C29H35N3O5/c1-19(35)28-30-12-13-32(28)26(17-33)11-4-20-2-5-21(6-3-20)22-7-9-23(10-8-22)24-14-25(15-24)29(37)31-16-27(36)18-34/h2-13,19,24-27,33-36H,14-18H2,1H3,(H,31,37)/b11-4+/t19-,24?,25?,26-,27?/m0/s1. The summed E-state index contributed by atoms with van der Waals surface area (Å²) in [5, 5.41) is 40.6. The van der Waals surface area contributed by atoms with Gasteiger partial charge in [0.25, 0.3) is 0 Å². The highest BCUT2D eigenvalue weighted by molar-refractivity contribution is 5.80. The quantitative estimate of drug-likeness (QED) is 0.273. The number of nitrogens with zero attached hydrogens (tertiary/aromatic N) is 2. The highest BCUT2D eigenvalue weighted by atomic mass is 16.3. The Hall–Kier alpha value is -3.30. The summed E-state index contributed by atoms with van der Waals surface area (Å²) < 4.78 is 1.77. The molecule has 0 bridgehead atoms. The Morgan fingerprint density at radius 3 is 2.30 bits per heavy atom. The van der Waals surface area contributed by atoms with Crippen LogP contribution in [0, 0.1) is 5.92 Å². The molecule has 1 aromatic heterocycles. The zero-order valence-electron chi connectivity index (χ0n) is 20.9. The Bertz CT molecular complexity index is 1180. The molecule has 0 aliphatic heterocycles. The molecule has 1 unspecified atom stereocenters. The number of amides is 1. The van der Waals surface area contributed by atoms with E-state index in [0.717, 1.165) is 29.5 Å². The number of aliphatic hydroxyl groups excluding tert-OH is 4. The Labute approximate surface area is 216 Å². The van der Waals surface area contributed by atoms with Gasteiger partial charge < -0.3 is 30.3 Å². The maximum atomic E-state index is 12.2. The normalized spacial score (nSPS) is 19.8. The van der Waals surface area contributed by atoms with Crippen LogP contribution in [-0.2, 0) is 4.79 Å². The zero-order chi connectivity index (χ0) is 26.4. The van der Waals surface area contributed by atoms with Crippen molar-refractivity contribution in [2.24, 2.45) is 5.92 Å². The summed E-state index contributed by atoms with van der Waals surface area (Å²) in [6.07, 6.45) is 7.16. The Morgan fingerprint density at radius 2 is 1.70 bits per heavy atom. The van der Waals surface area contributed by atoms with Crippen molar-refractivity contribution in [1.82, 2.24) is 14.9 Å². The molecule has 196 valence electrons. The third-order valence-electron chi connectivity index (χ3n) is 6.99. The lowest BCUT2D eigenvalue weighted by Crippen LogP contribution is -2.41. The molecular weight excluding hydrogens is 470 g/mol. The number of carbonyl (C=O) groups is 1. The van der Waals surface area contributed by atoms with Gasteiger partial charge in [-0.1, -0.05) is 60.7 Å². The van der Waals surface area contributed by atoms with E-state index >= 15 is 0 Å². The minimum absolute atomic E-state index is 0.0472. The molecule has 5 N–H and O–H groups in total. The SMILES string of the molecule is C[C@H](O)c1nccn1[C@@H](/C=C/c1ccc(-c2ccc(C3CC(C(=O)NCC(O)CO)C3)cc2)cc1)CO. The first-order valence-corrected chi connectivity index (χ1v) is 12.7. The first-order valence-electron chi connectivity index (χ1n) is 12.7. The number of aliphatic hydroxyl groups is 4. The van der Waals surface area contributed by atoms with Gasteiger partial charge in [0.2, 0.25) is 5.91 Å². The highest BCUT2D eigenvalue weighted by Gasteiger charge is 2.35. The van der Waals surface area contributed by atoms with Crippen LogP contribution in [0.1, 0.15) is 54.8 Å². The van der Waals surface area contributed by atoms with Crippen LogP contribution in [0.2, 0.25) is 0 Å². The summed E-state index contributed by atoms with van der Waals surface area (Å²) in [6, 6.07) is 16.3. The number of nitrogens with one attached hydrogen (secondary N) is 1. The van der Waals surface area contributed by atoms with Crippen molar-refractivity contribution in [2.45, 2.75) is 43.9 Å². The third kappa shape index (κ3) is 6.53. The number of benzene rings is 2. The van der Waals surface area contributed by atoms with Crippen molar-refractivity contribution in [2.75, 3.05) is 19.8 Å². The van der Waals surface area contributed by atoms with Crippen LogP contribution in [0.3, 0.4) is 0 Å². The van der Waals surface area contributed by atoms with Crippen molar-refractivity contribution in [3.63, 3.8) is 0 Å². The molecule has 1 aliphatic rings. The predicted molar refractivity (Wildman–Crippen MR) is 141 cm³/mol. The second-order valence-electron chi connectivity index (χ2n) is 9.67. The Balaban J connectivity index is 1.32. The van der Waals surface area contributed by atoms with Gasteiger partial charge in [-0.05, 0) is 47.9 Å². The van der Waals surface area contributed by atoms with E-state index in [0.29, 0.717) is 11.7 Å². The minimum atomic E-state index is -0.916. The molecule has 1 fully saturated rings. The lowest BCUT2D eigenvalue weighted by Gasteiger charge is -2.34. The smallest absolute Gasteiger partial charge is 0.223 e. The van der Waals surface area contributed by atoms with Gasteiger partial charge in [-0.2, -0.15) is 0 Å². The van der Waals surface area contributed by atoms with Crippen molar-refractivity contribution >= 4 is 12.0 Å². The lowest BCUT2D eigenvalue weighted by molar-refractivity contribution is -0.128. The topological polar surface area (TPSA) is 128 Å². The van der Waals surface area contributed by atoms with Gasteiger partial charge in [-0.15, -0.1) is 0 Å². The molecular formula is C29H35N3O5. The highest BCUT2D eigenvalue weighted by Crippen LogP contribution is 2.42. The number of hydrogen-bond acceptors (Lipinski definition) is 6. The van der Waals surface area contributed by atoms with Crippen molar-refractivity contribution in [1.29, 1.82) is 0 Å². The molecule has 1 saturated carbocycles. The summed E-state index contributed by atoms with van der Waals surface area (Å²) in [5.41, 5.74) is 4.43. The molecule has 8 heteroatoms. The summed E-state index contributed by atoms with van der Waals surface area (Å²) >= 11 is 0. The first-order chi connectivity index (χ1) is 17.9. The summed E-state index contributed by atoms with van der Waals surface area (Å²) in [7, 11) is 0. The summed E-state index contributed by atoms with van der Waals surface area (Å²) in [5.74, 6) is 0.757. The second-order valence-corrected chi connectivity index (χ2v) is 9.67. The van der Waals surface area contributed by atoms with Crippen molar-refractivity contribution < 1.29 is 25.2 Å². The van der Waals surface area contributed by atoms with Gasteiger partial charge in [0.1, 0.15) is 11.9 Å². The molecule has 1 heterocycles. The summed E-state index contributed by atoms with van der Waals surface area (Å²) in [4.78, 5) is 16.3. The zero-order valence-corrected chi connectivity index (χ0v) is 20.9. The van der Waals surface area contributed by atoms with Crippen LogP contribution in [0.15, 0.2) is 67.0 Å². The Kier molecular flexibility index (Phi) is 8.89. The van der Waals surface area contributed by atoms with E-state index in [4.69, 9.17) is 5.11 Å². The number of imidazole rings is 1. The molecule has 3 atom stereocenters. The third-order valence-corrected chi connectivity index (χ3v) is 6.99. The first kappa shape index (κ1) is 26.8. The second kappa shape index (κ2) is 12.3. The molecule has 2 aromatic carbocycles. The van der Waals surface area contributed by atoms with Gasteiger partial charge in [-0.3, -0.25) is 4.79 Å². The number of carbonyl (C=O) groups excluding carboxylic acids is 1. The van der Waals surface area contributed by atoms with E-state index in [1.807, 2.05) is 24.3 Å². The summed E-state index contributed by atoms with van der Waals surface area (Å²) in [6.45, 7) is 1.27. The van der Waals surface area contributed by atoms with E-state index in [9.17, 15) is 20.1 Å². The largest absolute Gasteiger partial charge is 0.394 e. The van der Waals surface area contributed by atoms with E-state index in [2.05, 4.69) is 46.7 Å². The van der Waals surface area contributed by atoms with Gasteiger partial charge in [0.15, 0.2) is 0 Å². The van der Waals surface area contributed by atoms with Gasteiger partial charge >= 0.3 is 0 Å². The van der Waals surface area contributed by atoms with Gasteiger partial charge in [-0.25, -0.2) is 4.98 Å². The lowest BCUT2D eigenvalue weighted by atomic mass is 9.71. The maximum Gasteiger partial charge on any atom is 0.223 e. The molecule has 1 amide bonds. The van der Waals surface area contributed by atoms with Crippen LogP contribution in [-0.4, -0.2) is 61.7 Å². The average molecular weight is 506 g/mol. The number of rotatable bonds is 11. The van der Waals surface area contributed by atoms with Crippen molar-refractivity contribution in [3.8, 4) is 11.1 Å². The molecule has 3 aromatic rings. The molecule has 1 aliphatic carbocycles. The number of hydrogen-bond donors (Lipinski definition) is 5. The molecule has 37 heavy (non-hydrogen) atoms. The van der Waals surface area contributed by atoms with E-state index < -0.39 is 12.2 Å². The van der Waals surface area contributed by atoms with Crippen molar-refractivity contribution in [3.05, 3.63) is 84.0 Å². The van der Waals surface area contributed by atoms with E-state index in [1.54, 1.807) is 23.9 Å². The molecule has 0 radical (unpaired) electrons. The average Bonchev–Trinajstić information content (AvgIpc) is 3.38. The van der Waals surface area contributed by atoms with Crippen LogP contribution < -0.4 is 5.32 Å². The Morgan fingerprint density at radius 1 is 1.05 bits per heavy atom. The van der Waals surface area contributed by atoms with Crippen LogP contribution in [0.5, 0.6) is 0 Å². The van der Waals surface area contributed by atoms with E-state index in [1.165, 1.54) is 5.56 Å². The molecule has 8 nitrogen and oxygen atoms in total. The predicted octanol–water partition coefficient (Wildman–Crippen LogP) is 2.81. The fourth-order valence-electron chi connectivity index (χ4n) is 4.66. The maximum absolute atomic E-state index is 12.2. The fourth-order valence-corrected chi connectivity index (χ4v) is 4.66. The van der Waals surface area contributed by atoms with Crippen LogP contribution >= 0.6 is 0 Å². The minimum Gasteiger partial charge on any atom is -0.394 e. The molecule has 4 rings (SSSR count).